The predicted octanol–water partition coefficient (Wildman–Crippen LogP) is 3.26. The molecule has 1 heterocycles. The second-order valence-electron chi connectivity index (χ2n) is 6.87. The predicted molar refractivity (Wildman–Crippen MR) is 88.7 cm³/mol. The number of likely N-dealkylation sites (tertiary alicyclic amines) is 1. The van der Waals surface area contributed by atoms with Crippen LogP contribution in [-0.2, 0) is 25.6 Å². The van der Waals surface area contributed by atoms with Crippen molar-refractivity contribution in [3.63, 3.8) is 0 Å². The third kappa shape index (κ3) is 5.20. The number of benzene rings is 1. The smallest absolute Gasteiger partial charge is 0.444 e. The minimum atomic E-state index is -0.864. The highest BCUT2D eigenvalue weighted by Crippen LogP contribution is 2.24. The Balaban J connectivity index is 1.92. The van der Waals surface area contributed by atoms with Gasteiger partial charge in [-0.3, -0.25) is 4.79 Å². The maximum atomic E-state index is 12.2. The van der Waals surface area contributed by atoms with Crippen molar-refractivity contribution < 1.29 is 28.6 Å². The normalized spacial score (nSPS) is 20.3. The van der Waals surface area contributed by atoms with Crippen LogP contribution in [0.3, 0.4) is 0 Å². The van der Waals surface area contributed by atoms with Gasteiger partial charge in [0.25, 0.3) is 0 Å². The molecule has 1 unspecified atom stereocenters. The molecule has 1 fully saturated rings. The quantitative estimate of drug-likeness (QED) is 0.779. The van der Waals surface area contributed by atoms with Crippen molar-refractivity contribution in [2.75, 3.05) is 0 Å². The number of rotatable bonds is 3. The zero-order valence-corrected chi connectivity index (χ0v) is 14.9. The van der Waals surface area contributed by atoms with Crippen molar-refractivity contribution in [1.82, 2.24) is 4.90 Å². The van der Waals surface area contributed by atoms with Crippen molar-refractivity contribution in [2.24, 2.45) is 0 Å². The van der Waals surface area contributed by atoms with E-state index in [1.807, 2.05) is 30.3 Å². The van der Waals surface area contributed by atoms with Crippen LogP contribution < -0.4 is 0 Å². The summed E-state index contributed by atoms with van der Waals surface area (Å²) in [7, 11) is 0. The van der Waals surface area contributed by atoms with Gasteiger partial charge < -0.3 is 14.2 Å². The molecule has 0 spiro atoms. The molecule has 0 radical (unpaired) electrons. The summed E-state index contributed by atoms with van der Waals surface area (Å²) in [5.74, 6) is -0.445. The molecule has 0 aromatic heterocycles. The summed E-state index contributed by atoms with van der Waals surface area (Å²) in [6.45, 7) is 6.83. The van der Waals surface area contributed by atoms with E-state index in [1.54, 1.807) is 27.7 Å². The third-order valence-corrected chi connectivity index (χ3v) is 3.63. The first-order valence-electron chi connectivity index (χ1n) is 8.10. The van der Waals surface area contributed by atoms with Crippen molar-refractivity contribution >= 4 is 18.2 Å². The molecule has 2 rings (SSSR count). The van der Waals surface area contributed by atoms with Gasteiger partial charge in [0.15, 0.2) is 0 Å². The number of nitrogens with zero attached hydrogens (tertiary/aromatic N) is 1. The van der Waals surface area contributed by atoms with Gasteiger partial charge in [-0.05, 0) is 33.3 Å². The monoisotopic (exact) mass is 349 g/mol. The number of carbonyl (C=O) groups excluding carboxylic acids is 3. The van der Waals surface area contributed by atoms with Gasteiger partial charge in [-0.15, -0.1) is 0 Å². The number of amides is 2. The Bertz CT molecular complexity index is 637. The maximum absolute atomic E-state index is 12.2. The molecule has 1 saturated heterocycles. The minimum absolute atomic E-state index is 0.0633. The van der Waals surface area contributed by atoms with E-state index in [4.69, 9.17) is 14.2 Å². The number of ether oxygens (including phenoxy) is 3. The van der Waals surface area contributed by atoms with Gasteiger partial charge in [-0.2, -0.15) is 0 Å². The lowest BCUT2D eigenvalue weighted by Crippen LogP contribution is -2.41. The van der Waals surface area contributed by atoms with Crippen molar-refractivity contribution in [2.45, 2.75) is 58.5 Å². The summed E-state index contributed by atoms with van der Waals surface area (Å²) in [5, 5.41) is 0. The summed E-state index contributed by atoms with van der Waals surface area (Å²) >= 11 is 0. The Morgan fingerprint density at radius 3 is 2.44 bits per heavy atom. The first-order chi connectivity index (χ1) is 11.7. The minimum Gasteiger partial charge on any atom is -0.444 e. The van der Waals surface area contributed by atoms with Crippen LogP contribution in [0.4, 0.5) is 9.59 Å². The van der Waals surface area contributed by atoms with E-state index >= 15 is 0 Å². The SMILES string of the molecule is C[C@H]1C(OC(=O)OC(C)(C)C)CC(=O)N1C(=O)OCc1ccccc1. The van der Waals surface area contributed by atoms with E-state index in [0.717, 1.165) is 10.5 Å². The lowest BCUT2D eigenvalue weighted by molar-refractivity contribution is -0.127. The lowest BCUT2D eigenvalue weighted by atomic mass is 10.2. The third-order valence-electron chi connectivity index (χ3n) is 3.63. The first kappa shape index (κ1) is 18.8. The van der Waals surface area contributed by atoms with Crippen molar-refractivity contribution in [3.05, 3.63) is 35.9 Å². The molecule has 1 aliphatic heterocycles. The fourth-order valence-electron chi connectivity index (χ4n) is 2.43. The van der Waals surface area contributed by atoms with Gasteiger partial charge in [0, 0.05) is 0 Å². The second-order valence-corrected chi connectivity index (χ2v) is 6.87. The summed E-state index contributed by atoms with van der Waals surface area (Å²) < 4.78 is 15.4. The maximum Gasteiger partial charge on any atom is 0.509 e. The Morgan fingerprint density at radius 1 is 1.20 bits per heavy atom. The molecule has 2 atom stereocenters. The standard InChI is InChI=1S/C18H23NO6/c1-12-14(24-17(22)25-18(2,3)4)10-15(20)19(12)16(21)23-11-13-8-6-5-7-9-13/h5-9,12,14H,10-11H2,1-4H3/t12-,14?/m0/s1. The summed E-state index contributed by atoms with van der Waals surface area (Å²) in [4.78, 5) is 37.1. The Kier molecular flexibility index (Phi) is 5.66. The van der Waals surface area contributed by atoms with Crippen LogP contribution in [0.5, 0.6) is 0 Å². The van der Waals surface area contributed by atoms with Crippen LogP contribution in [0.1, 0.15) is 39.7 Å². The molecule has 0 N–H and O–H groups in total. The highest BCUT2D eigenvalue weighted by Gasteiger charge is 2.44. The van der Waals surface area contributed by atoms with Gasteiger partial charge in [0.1, 0.15) is 18.3 Å². The molecule has 7 heteroatoms. The summed E-state index contributed by atoms with van der Waals surface area (Å²) in [6, 6.07) is 8.53. The van der Waals surface area contributed by atoms with Gasteiger partial charge in [0.2, 0.25) is 5.91 Å². The fourth-order valence-corrected chi connectivity index (χ4v) is 2.43. The fraction of sp³-hybridized carbons (Fsp3) is 0.500. The van der Waals surface area contributed by atoms with Gasteiger partial charge in [-0.25, -0.2) is 14.5 Å². The molecule has 0 saturated carbocycles. The van der Waals surface area contributed by atoms with Crippen LogP contribution in [0.25, 0.3) is 0 Å². The Labute approximate surface area is 146 Å². The number of imide groups is 1. The van der Waals surface area contributed by atoms with E-state index in [9.17, 15) is 14.4 Å². The average molecular weight is 349 g/mol. The molecular weight excluding hydrogens is 326 g/mol. The largest absolute Gasteiger partial charge is 0.509 e. The summed E-state index contributed by atoms with van der Waals surface area (Å²) in [5.41, 5.74) is 0.119. The van der Waals surface area contributed by atoms with Crippen LogP contribution in [0.15, 0.2) is 30.3 Å². The van der Waals surface area contributed by atoms with Crippen LogP contribution in [0, 0.1) is 0 Å². The highest BCUT2D eigenvalue weighted by molar-refractivity contribution is 5.94. The van der Waals surface area contributed by atoms with Crippen LogP contribution in [-0.4, -0.2) is 40.8 Å². The zero-order valence-electron chi connectivity index (χ0n) is 14.9. The molecule has 0 bridgehead atoms. The van der Waals surface area contributed by atoms with Gasteiger partial charge in [0.05, 0.1) is 12.5 Å². The van der Waals surface area contributed by atoms with Crippen LogP contribution in [0.2, 0.25) is 0 Å². The number of carbonyl (C=O) groups is 3. The van der Waals surface area contributed by atoms with E-state index < -0.39 is 35.9 Å². The number of hydrogen-bond acceptors (Lipinski definition) is 6. The topological polar surface area (TPSA) is 82.1 Å². The molecular formula is C18H23NO6. The molecule has 25 heavy (non-hydrogen) atoms. The second kappa shape index (κ2) is 7.55. The number of hydrogen-bond donors (Lipinski definition) is 0. The molecule has 136 valence electrons. The molecule has 1 aliphatic rings. The first-order valence-corrected chi connectivity index (χ1v) is 8.10. The van der Waals surface area contributed by atoms with E-state index in [2.05, 4.69) is 0 Å². The van der Waals surface area contributed by atoms with Gasteiger partial charge >= 0.3 is 12.2 Å². The Hall–Kier alpha value is -2.57. The van der Waals surface area contributed by atoms with Crippen molar-refractivity contribution in [1.29, 1.82) is 0 Å². The Morgan fingerprint density at radius 2 is 1.84 bits per heavy atom. The average Bonchev–Trinajstić information content (AvgIpc) is 2.78. The molecule has 0 aliphatic carbocycles. The van der Waals surface area contributed by atoms with E-state index in [1.165, 1.54) is 0 Å². The van der Waals surface area contributed by atoms with Crippen molar-refractivity contribution in [3.8, 4) is 0 Å². The van der Waals surface area contributed by atoms with Gasteiger partial charge in [-0.1, -0.05) is 30.3 Å². The van der Waals surface area contributed by atoms with E-state index in [0.29, 0.717) is 0 Å². The molecule has 2 amide bonds. The molecule has 1 aromatic carbocycles. The van der Waals surface area contributed by atoms with Crippen LogP contribution >= 0.6 is 0 Å². The summed E-state index contributed by atoms with van der Waals surface area (Å²) in [6.07, 6.45) is -2.46. The zero-order chi connectivity index (χ0) is 18.6. The molecule has 1 aromatic rings. The molecule has 7 nitrogen and oxygen atoms in total. The van der Waals surface area contributed by atoms with E-state index in [-0.39, 0.29) is 13.0 Å². The lowest BCUT2D eigenvalue weighted by Gasteiger charge is -2.24. The highest BCUT2D eigenvalue weighted by atomic mass is 16.7.